The average molecular weight is 224 g/mol. The molecule has 0 aromatic heterocycles. The predicted molar refractivity (Wildman–Crippen MR) is 53.5 cm³/mol. The fourth-order valence-electron chi connectivity index (χ4n) is 1.74. The summed E-state index contributed by atoms with van der Waals surface area (Å²) in [6.07, 6.45) is 0.222. The molecule has 0 aliphatic carbocycles. The zero-order valence-corrected chi connectivity index (χ0v) is 8.37. The molecule has 0 amide bonds. The molecule has 0 saturated carbocycles. The minimum Gasteiger partial charge on any atom is -0.490 e. The Morgan fingerprint density at radius 3 is 2.56 bits per heavy atom. The van der Waals surface area contributed by atoms with E-state index in [1.807, 2.05) is 0 Å². The van der Waals surface area contributed by atoms with Crippen molar-refractivity contribution in [1.29, 1.82) is 0 Å². The van der Waals surface area contributed by atoms with E-state index in [0.717, 1.165) is 6.07 Å². The van der Waals surface area contributed by atoms with E-state index >= 15 is 0 Å². The molecular formula is C9H8N2O5. The lowest BCUT2D eigenvalue weighted by Crippen LogP contribution is -2.05. The van der Waals surface area contributed by atoms with E-state index in [9.17, 15) is 20.2 Å². The topological polar surface area (TPSA) is 95.5 Å². The predicted octanol–water partition coefficient (Wildman–Crippen LogP) is 1.83. The van der Waals surface area contributed by atoms with E-state index < -0.39 is 9.85 Å². The first kappa shape index (κ1) is 10.3. The molecule has 16 heavy (non-hydrogen) atoms. The zero-order valence-electron chi connectivity index (χ0n) is 8.37. The Balaban J connectivity index is 2.60. The molecular weight excluding hydrogens is 216 g/mol. The van der Waals surface area contributed by atoms with E-state index in [2.05, 4.69) is 0 Å². The van der Waals surface area contributed by atoms with Crippen LogP contribution in [-0.2, 0) is 6.42 Å². The molecule has 0 N–H and O–H groups in total. The zero-order chi connectivity index (χ0) is 11.9. The van der Waals surface area contributed by atoms with Gasteiger partial charge in [0.05, 0.1) is 27.5 Å². The molecule has 0 saturated heterocycles. The number of hydrogen-bond donors (Lipinski definition) is 0. The van der Waals surface area contributed by atoms with E-state index in [4.69, 9.17) is 4.74 Å². The second-order valence-corrected chi connectivity index (χ2v) is 3.59. The van der Waals surface area contributed by atoms with Gasteiger partial charge >= 0.3 is 0 Å². The largest absolute Gasteiger partial charge is 0.490 e. The normalized spacial score (nSPS) is 17.7. The molecule has 0 bridgehead atoms. The molecule has 1 aliphatic rings. The van der Waals surface area contributed by atoms with Gasteiger partial charge in [0.15, 0.2) is 0 Å². The summed E-state index contributed by atoms with van der Waals surface area (Å²) < 4.78 is 5.28. The van der Waals surface area contributed by atoms with Crippen LogP contribution in [-0.4, -0.2) is 16.0 Å². The third kappa shape index (κ3) is 1.56. The first-order valence-electron chi connectivity index (χ1n) is 4.61. The molecule has 2 rings (SSSR count). The van der Waals surface area contributed by atoms with E-state index in [-0.39, 0.29) is 23.2 Å². The van der Waals surface area contributed by atoms with E-state index in [1.54, 1.807) is 6.92 Å². The van der Waals surface area contributed by atoms with Gasteiger partial charge in [0, 0.05) is 6.42 Å². The minimum atomic E-state index is -0.667. The van der Waals surface area contributed by atoms with Gasteiger partial charge < -0.3 is 4.74 Å². The molecule has 1 atom stereocenters. The van der Waals surface area contributed by atoms with Gasteiger partial charge in [0.2, 0.25) is 0 Å². The number of non-ortho nitro benzene ring substituents is 1. The number of ether oxygens (including phenoxy) is 1. The second-order valence-electron chi connectivity index (χ2n) is 3.59. The highest BCUT2D eigenvalue weighted by Gasteiger charge is 2.31. The Morgan fingerprint density at radius 2 is 2.00 bits per heavy atom. The lowest BCUT2D eigenvalue weighted by molar-refractivity contribution is -0.394. The first-order chi connectivity index (χ1) is 7.49. The van der Waals surface area contributed by atoms with Crippen molar-refractivity contribution in [2.24, 2.45) is 0 Å². The Kier molecular flexibility index (Phi) is 2.22. The summed E-state index contributed by atoms with van der Waals surface area (Å²) in [6.45, 7) is 1.76. The van der Waals surface area contributed by atoms with Crippen LogP contribution < -0.4 is 4.74 Å². The molecule has 0 spiro atoms. The Morgan fingerprint density at radius 1 is 1.31 bits per heavy atom. The van der Waals surface area contributed by atoms with Crippen LogP contribution in [0.5, 0.6) is 5.75 Å². The van der Waals surface area contributed by atoms with Crippen LogP contribution in [0.1, 0.15) is 12.5 Å². The molecule has 1 unspecified atom stereocenters. The highest BCUT2D eigenvalue weighted by molar-refractivity contribution is 5.58. The summed E-state index contributed by atoms with van der Waals surface area (Å²) in [5.41, 5.74) is -0.129. The molecule has 7 heteroatoms. The maximum atomic E-state index is 10.8. The summed E-state index contributed by atoms with van der Waals surface area (Å²) in [5, 5.41) is 21.4. The Bertz CT molecular complexity index is 485. The Hall–Kier alpha value is -2.18. The van der Waals surface area contributed by atoms with Crippen molar-refractivity contribution in [3.63, 3.8) is 0 Å². The summed E-state index contributed by atoms with van der Waals surface area (Å²) in [5.74, 6) is 0.244. The quantitative estimate of drug-likeness (QED) is 0.564. The highest BCUT2D eigenvalue weighted by atomic mass is 16.6. The van der Waals surface area contributed by atoms with Crippen molar-refractivity contribution in [3.8, 4) is 5.75 Å². The summed E-state index contributed by atoms with van der Waals surface area (Å²) >= 11 is 0. The number of nitrogens with zero attached hydrogens (tertiary/aromatic N) is 2. The lowest BCUT2D eigenvalue weighted by atomic mass is 10.1. The maximum absolute atomic E-state index is 10.8. The van der Waals surface area contributed by atoms with Crippen LogP contribution in [0.4, 0.5) is 11.4 Å². The van der Waals surface area contributed by atoms with Gasteiger partial charge in [0.1, 0.15) is 11.9 Å². The fraction of sp³-hybridized carbons (Fsp3) is 0.333. The smallest absolute Gasteiger partial charge is 0.283 e. The molecule has 7 nitrogen and oxygen atoms in total. The van der Waals surface area contributed by atoms with Gasteiger partial charge in [-0.15, -0.1) is 0 Å². The third-order valence-corrected chi connectivity index (χ3v) is 2.40. The van der Waals surface area contributed by atoms with Crippen molar-refractivity contribution < 1.29 is 14.6 Å². The number of nitro benzene ring substituents is 2. The number of benzene rings is 1. The number of rotatable bonds is 2. The third-order valence-electron chi connectivity index (χ3n) is 2.40. The van der Waals surface area contributed by atoms with Crippen LogP contribution in [0, 0.1) is 20.2 Å². The molecule has 1 heterocycles. The average Bonchev–Trinajstić information content (AvgIpc) is 2.55. The van der Waals surface area contributed by atoms with Crippen LogP contribution in [0.3, 0.4) is 0 Å². The van der Waals surface area contributed by atoms with Crippen LogP contribution >= 0.6 is 0 Å². The SMILES string of the molecule is CC1Cc2c(cc([N+](=O)[O-])cc2[N+](=O)[O-])O1. The monoisotopic (exact) mass is 224 g/mol. The lowest BCUT2D eigenvalue weighted by Gasteiger charge is -2.01. The highest BCUT2D eigenvalue weighted by Crippen LogP contribution is 2.39. The summed E-state index contributed by atoms with van der Waals surface area (Å²) in [6, 6.07) is 2.20. The fourth-order valence-corrected chi connectivity index (χ4v) is 1.74. The van der Waals surface area contributed by atoms with Gasteiger partial charge in [-0.25, -0.2) is 0 Å². The van der Waals surface area contributed by atoms with Crippen LogP contribution in [0.15, 0.2) is 12.1 Å². The van der Waals surface area contributed by atoms with E-state index in [0.29, 0.717) is 12.0 Å². The standard InChI is InChI=1S/C9H8N2O5/c1-5-2-7-8(11(14)15)3-6(10(12)13)4-9(7)16-5/h3-5H,2H2,1H3. The van der Waals surface area contributed by atoms with Crippen molar-refractivity contribution in [2.75, 3.05) is 0 Å². The maximum Gasteiger partial charge on any atom is 0.283 e. The van der Waals surface area contributed by atoms with E-state index in [1.165, 1.54) is 6.07 Å². The first-order valence-corrected chi connectivity index (χ1v) is 4.61. The van der Waals surface area contributed by atoms with Gasteiger partial charge in [-0.3, -0.25) is 20.2 Å². The van der Waals surface area contributed by atoms with Crippen molar-refractivity contribution in [3.05, 3.63) is 37.9 Å². The van der Waals surface area contributed by atoms with Crippen molar-refractivity contribution in [2.45, 2.75) is 19.4 Å². The molecule has 1 aromatic carbocycles. The van der Waals surface area contributed by atoms with Crippen LogP contribution in [0.25, 0.3) is 0 Å². The van der Waals surface area contributed by atoms with Gasteiger partial charge in [-0.05, 0) is 6.92 Å². The van der Waals surface area contributed by atoms with Gasteiger partial charge in [-0.1, -0.05) is 0 Å². The molecule has 1 aliphatic heterocycles. The summed E-state index contributed by atoms with van der Waals surface area (Å²) in [7, 11) is 0. The second kappa shape index (κ2) is 3.44. The summed E-state index contributed by atoms with van der Waals surface area (Å²) in [4.78, 5) is 20.1. The van der Waals surface area contributed by atoms with Crippen molar-refractivity contribution >= 4 is 11.4 Å². The number of nitro groups is 2. The van der Waals surface area contributed by atoms with Gasteiger partial charge in [-0.2, -0.15) is 0 Å². The molecule has 1 aromatic rings. The van der Waals surface area contributed by atoms with Crippen LogP contribution in [0.2, 0.25) is 0 Å². The Labute approximate surface area is 89.9 Å². The molecule has 84 valence electrons. The molecule has 0 fully saturated rings. The molecule has 0 radical (unpaired) electrons. The number of fused-ring (bicyclic) bond motifs is 1. The van der Waals surface area contributed by atoms with Crippen molar-refractivity contribution in [1.82, 2.24) is 0 Å². The number of hydrogen-bond acceptors (Lipinski definition) is 5. The minimum absolute atomic E-state index is 0.185. The van der Waals surface area contributed by atoms with Gasteiger partial charge in [0.25, 0.3) is 11.4 Å².